The van der Waals surface area contributed by atoms with Crippen LogP contribution in [0.2, 0.25) is 0 Å². The summed E-state index contributed by atoms with van der Waals surface area (Å²) in [7, 11) is 0. The minimum absolute atomic E-state index is 0.0389. The molecular weight excluding hydrogens is 404 g/mol. The Morgan fingerprint density at radius 3 is 1.94 bits per heavy atom. The molecule has 0 bridgehead atoms. The number of carbonyl (C=O) groups is 2. The second-order valence-corrected chi connectivity index (χ2v) is 10.0. The Hall–Kier alpha value is -2.54. The highest BCUT2D eigenvalue weighted by Gasteiger charge is 2.44. The molecule has 2 heterocycles. The zero-order valence-corrected chi connectivity index (χ0v) is 19.6. The predicted molar refractivity (Wildman–Crippen MR) is 122 cm³/mol. The summed E-state index contributed by atoms with van der Waals surface area (Å²) in [5.74, 6) is -0.876. The molecule has 6 heteroatoms. The molecule has 2 aromatic rings. The molecule has 1 saturated heterocycles. The molecule has 2 amide bonds. The maximum atomic E-state index is 12.7. The summed E-state index contributed by atoms with van der Waals surface area (Å²) in [6.45, 7) is 10.8. The summed E-state index contributed by atoms with van der Waals surface area (Å²) in [6, 6.07) is 14.8. The lowest BCUT2D eigenvalue weighted by molar-refractivity contribution is -0.318. The fourth-order valence-electron chi connectivity index (χ4n) is 4.78. The summed E-state index contributed by atoms with van der Waals surface area (Å²) < 4.78 is 0. The quantitative estimate of drug-likeness (QED) is 0.580. The Balaban J connectivity index is 1.58. The molecule has 2 aliphatic heterocycles. The molecule has 1 fully saturated rings. The van der Waals surface area contributed by atoms with Crippen LogP contribution in [-0.4, -0.2) is 39.6 Å². The van der Waals surface area contributed by atoms with E-state index in [2.05, 4.69) is 32.8 Å². The number of rotatable bonds is 6. The van der Waals surface area contributed by atoms with Crippen LogP contribution >= 0.6 is 0 Å². The molecule has 1 atom stereocenters. The van der Waals surface area contributed by atoms with Crippen LogP contribution < -0.4 is 0 Å². The lowest BCUT2D eigenvalue weighted by Gasteiger charge is -2.52. The molecule has 0 aliphatic carbocycles. The van der Waals surface area contributed by atoms with Crippen molar-refractivity contribution in [3.05, 3.63) is 70.8 Å². The van der Waals surface area contributed by atoms with Crippen molar-refractivity contribution in [1.29, 1.82) is 0 Å². The standard InChI is InChI=1S/C26H32N2O4/c1-18-11-13-19(14-12-18)22(32-28-25(2,3)15-8-16-26(28,4)5)17-31-27-23(29)20-9-6-7-10-21(20)24(27)30/h6-7,9-14,22H,8,15-17H2,1-5H3. The van der Waals surface area contributed by atoms with E-state index in [-0.39, 0.29) is 17.7 Å². The SMILES string of the molecule is Cc1ccc(C(CON2C(=O)c3ccccc3C2=O)ON2C(C)(C)CCCC2(C)C)cc1. The zero-order chi connectivity index (χ0) is 23.1. The number of aryl methyl sites for hydroxylation is 1. The lowest BCUT2D eigenvalue weighted by atomic mass is 9.82. The van der Waals surface area contributed by atoms with Crippen molar-refractivity contribution >= 4 is 11.8 Å². The van der Waals surface area contributed by atoms with E-state index in [1.165, 1.54) is 0 Å². The second kappa shape index (κ2) is 8.43. The number of piperidine rings is 1. The van der Waals surface area contributed by atoms with Crippen molar-refractivity contribution in [2.24, 2.45) is 0 Å². The minimum atomic E-state index is -0.475. The molecule has 1 unspecified atom stereocenters. The van der Waals surface area contributed by atoms with Gasteiger partial charge in [-0.3, -0.25) is 19.3 Å². The van der Waals surface area contributed by atoms with Gasteiger partial charge in [0.25, 0.3) is 11.8 Å². The van der Waals surface area contributed by atoms with Crippen LogP contribution in [0.5, 0.6) is 0 Å². The van der Waals surface area contributed by atoms with E-state index in [4.69, 9.17) is 9.68 Å². The average Bonchev–Trinajstić information content (AvgIpc) is 2.98. The van der Waals surface area contributed by atoms with Crippen molar-refractivity contribution in [2.45, 2.75) is 71.1 Å². The van der Waals surface area contributed by atoms with Crippen molar-refractivity contribution in [3.8, 4) is 0 Å². The molecule has 4 rings (SSSR count). The Bertz CT molecular complexity index is 962. The van der Waals surface area contributed by atoms with Crippen molar-refractivity contribution in [2.75, 3.05) is 6.61 Å². The smallest absolute Gasteiger partial charge is 0.285 e. The summed E-state index contributed by atoms with van der Waals surface area (Å²) in [5.41, 5.74) is 2.50. The van der Waals surface area contributed by atoms with E-state index in [0.29, 0.717) is 11.1 Å². The first-order chi connectivity index (χ1) is 15.1. The Kier molecular flexibility index (Phi) is 5.96. The van der Waals surface area contributed by atoms with Gasteiger partial charge in [-0.05, 0) is 71.6 Å². The van der Waals surface area contributed by atoms with E-state index >= 15 is 0 Å². The highest BCUT2D eigenvalue weighted by Crippen LogP contribution is 2.40. The number of imide groups is 1. The van der Waals surface area contributed by atoms with Gasteiger partial charge in [-0.15, -0.1) is 5.06 Å². The number of nitrogens with zero attached hydrogens (tertiary/aromatic N) is 2. The Morgan fingerprint density at radius 2 is 1.41 bits per heavy atom. The van der Waals surface area contributed by atoms with E-state index in [1.54, 1.807) is 24.3 Å². The van der Waals surface area contributed by atoms with E-state index in [0.717, 1.165) is 35.5 Å². The van der Waals surface area contributed by atoms with Gasteiger partial charge in [-0.25, -0.2) is 0 Å². The number of amides is 2. The Morgan fingerprint density at radius 1 is 0.875 bits per heavy atom. The number of hydrogen-bond acceptors (Lipinski definition) is 5. The van der Waals surface area contributed by atoms with Gasteiger partial charge in [0, 0.05) is 11.1 Å². The molecular formula is C26H32N2O4. The third kappa shape index (κ3) is 4.22. The highest BCUT2D eigenvalue weighted by molar-refractivity contribution is 6.20. The van der Waals surface area contributed by atoms with Crippen LogP contribution in [0.15, 0.2) is 48.5 Å². The first-order valence-corrected chi connectivity index (χ1v) is 11.2. The predicted octanol–water partition coefficient (Wildman–Crippen LogP) is 5.24. The average molecular weight is 437 g/mol. The number of fused-ring (bicyclic) bond motifs is 1. The van der Waals surface area contributed by atoms with Crippen LogP contribution in [0.1, 0.15) is 84.9 Å². The molecule has 2 aliphatic rings. The summed E-state index contributed by atoms with van der Waals surface area (Å²) >= 11 is 0. The van der Waals surface area contributed by atoms with Gasteiger partial charge < -0.3 is 0 Å². The van der Waals surface area contributed by atoms with Crippen molar-refractivity contribution in [3.63, 3.8) is 0 Å². The summed E-state index contributed by atoms with van der Waals surface area (Å²) in [4.78, 5) is 37.9. The first-order valence-electron chi connectivity index (χ1n) is 11.2. The van der Waals surface area contributed by atoms with Crippen LogP contribution in [0.3, 0.4) is 0 Å². The number of hydrogen-bond donors (Lipinski definition) is 0. The number of benzene rings is 2. The van der Waals surface area contributed by atoms with Crippen molar-refractivity contribution < 1.29 is 19.3 Å². The monoisotopic (exact) mass is 436 g/mol. The van der Waals surface area contributed by atoms with Crippen LogP contribution in [-0.2, 0) is 9.68 Å². The van der Waals surface area contributed by atoms with Gasteiger partial charge in [0.05, 0.1) is 11.1 Å². The molecule has 0 aromatic heterocycles. The zero-order valence-electron chi connectivity index (χ0n) is 19.6. The van der Waals surface area contributed by atoms with Gasteiger partial charge in [0.15, 0.2) is 0 Å². The molecule has 0 saturated carbocycles. The van der Waals surface area contributed by atoms with E-state index in [9.17, 15) is 9.59 Å². The maximum absolute atomic E-state index is 12.7. The molecule has 0 spiro atoms. The minimum Gasteiger partial charge on any atom is -0.287 e. The maximum Gasteiger partial charge on any atom is 0.285 e. The normalized spacial score (nSPS) is 21.0. The molecule has 170 valence electrons. The van der Waals surface area contributed by atoms with Gasteiger partial charge in [0.1, 0.15) is 12.7 Å². The van der Waals surface area contributed by atoms with Gasteiger partial charge in [-0.2, -0.15) is 5.06 Å². The molecule has 32 heavy (non-hydrogen) atoms. The third-order valence-corrected chi connectivity index (χ3v) is 6.47. The van der Waals surface area contributed by atoms with E-state index in [1.807, 2.05) is 31.2 Å². The van der Waals surface area contributed by atoms with Gasteiger partial charge in [0.2, 0.25) is 0 Å². The molecule has 0 radical (unpaired) electrons. The van der Waals surface area contributed by atoms with Crippen LogP contribution in [0.4, 0.5) is 0 Å². The largest absolute Gasteiger partial charge is 0.287 e. The fraction of sp³-hybridized carbons (Fsp3) is 0.462. The van der Waals surface area contributed by atoms with Crippen molar-refractivity contribution in [1.82, 2.24) is 10.1 Å². The van der Waals surface area contributed by atoms with E-state index < -0.39 is 17.9 Å². The molecule has 2 aromatic carbocycles. The van der Waals surface area contributed by atoms with Gasteiger partial charge >= 0.3 is 0 Å². The summed E-state index contributed by atoms with van der Waals surface area (Å²) in [6.07, 6.45) is 2.71. The topological polar surface area (TPSA) is 59.1 Å². The molecule has 6 nitrogen and oxygen atoms in total. The summed E-state index contributed by atoms with van der Waals surface area (Å²) in [5, 5.41) is 2.95. The Labute approximate surface area is 190 Å². The lowest BCUT2D eigenvalue weighted by Crippen LogP contribution is -2.58. The highest BCUT2D eigenvalue weighted by atomic mass is 16.7. The first kappa shape index (κ1) is 22.6. The number of hydroxylamine groups is 4. The fourth-order valence-corrected chi connectivity index (χ4v) is 4.78. The van der Waals surface area contributed by atoms with Crippen LogP contribution in [0, 0.1) is 6.92 Å². The van der Waals surface area contributed by atoms with Gasteiger partial charge in [-0.1, -0.05) is 42.0 Å². The molecule has 0 N–H and O–H groups in total. The van der Waals surface area contributed by atoms with Crippen LogP contribution in [0.25, 0.3) is 0 Å². The second-order valence-electron chi connectivity index (χ2n) is 10.0. The third-order valence-electron chi connectivity index (χ3n) is 6.47. The number of carbonyl (C=O) groups excluding carboxylic acids is 2.